The SMILES string of the molecule is CCOC(=O)c1ccc(N2C(=O)CC(N(CC(OC)OC)S(=O)(=O)c3ccc(F)cc3)C2=O)cc1. The lowest BCUT2D eigenvalue weighted by atomic mass is 10.2. The van der Waals surface area contributed by atoms with Crippen LogP contribution in [0.4, 0.5) is 10.1 Å². The normalized spacial score (nSPS) is 16.4. The average molecular weight is 509 g/mol. The Morgan fingerprint density at radius 2 is 1.69 bits per heavy atom. The van der Waals surface area contributed by atoms with Crippen LogP contribution in [0.15, 0.2) is 53.4 Å². The van der Waals surface area contributed by atoms with Crippen molar-refractivity contribution < 1.29 is 41.4 Å². The van der Waals surface area contributed by atoms with Crippen LogP contribution in [0.2, 0.25) is 0 Å². The molecule has 10 nitrogen and oxygen atoms in total. The minimum absolute atomic E-state index is 0.171. The highest BCUT2D eigenvalue weighted by molar-refractivity contribution is 7.89. The zero-order valence-corrected chi connectivity index (χ0v) is 20.2. The second-order valence-electron chi connectivity index (χ2n) is 7.48. The molecule has 1 fully saturated rings. The van der Waals surface area contributed by atoms with Crippen LogP contribution in [0, 0.1) is 5.82 Å². The fourth-order valence-corrected chi connectivity index (χ4v) is 5.17. The Bertz CT molecular complexity index is 1180. The number of nitrogens with zero attached hydrogens (tertiary/aromatic N) is 2. The smallest absolute Gasteiger partial charge is 0.338 e. The largest absolute Gasteiger partial charge is 0.462 e. The van der Waals surface area contributed by atoms with Gasteiger partial charge in [-0.25, -0.2) is 22.5 Å². The highest BCUT2D eigenvalue weighted by Gasteiger charge is 2.47. The van der Waals surface area contributed by atoms with E-state index >= 15 is 0 Å². The zero-order valence-electron chi connectivity index (χ0n) is 19.3. The van der Waals surface area contributed by atoms with Gasteiger partial charge in [-0.2, -0.15) is 4.31 Å². The molecular formula is C23H25FN2O8S. The molecule has 0 N–H and O–H groups in total. The van der Waals surface area contributed by atoms with Gasteiger partial charge in [0.1, 0.15) is 11.9 Å². The van der Waals surface area contributed by atoms with Crippen molar-refractivity contribution in [3.8, 4) is 0 Å². The molecule has 0 aliphatic carbocycles. The van der Waals surface area contributed by atoms with E-state index in [-0.39, 0.29) is 22.8 Å². The fourth-order valence-electron chi connectivity index (χ4n) is 3.60. The number of rotatable bonds is 10. The number of sulfonamides is 1. The molecule has 2 aromatic rings. The van der Waals surface area contributed by atoms with Crippen molar-refractivity contribution in [3.05, 3.63) is 59.9 Å². The summed E-state index contributed by atoms with van der Waals surface area (Å²) < 4.78 is 56.3. The molecule has 2 amide bonds. The summed E-state index contributed by atoms with van der Waals surface area (Å²) >= 11 is 0. The van der Waals surface area contributed by atoms with Gasteiger partial charge in [0, 0.05) is 14.2 Å². The lowest BCUT2D eigenvalue weighted by molar-refractivity contribution is -0.125. The first-order chi connectivity index (χ1) is 16.6. The fraction of sp³-hybridized carbons (Fsp3) is 0.348. The van der Waals surface area contributed by atoms with Gasteiger partial charge in [-0.05, 0) is 55.5 Å². The van der Waals surface area contributed by atoms with E-state index in [1.54, 1.807) is 6.92 Å². The van der Waals surface area contributed by atoms with Crippen LogP contribution in [0.5, 0.6) is 0 Å². The maximum absolute atomic E-state index is 13.4. The van der Waals surface area contributed by atoms with Crippen LogP contribution in [0.25, 0.3) is 0 Å². The van der Waals surface area contributed by atoms with Crippen LogP contribution in [0.1, 0.15) is 23.7 Å². The highest BCUT2D eigenvalue weighted by Crippen LogP contribution is 2.30. The van der Waals surface area contributed by atoms with Crippen LogP contribution >= 0.6 is 0 Å². The molecule has 1 aliphatic heterocycles. The average Bonchev–Trinajstić information content (AvgIpc) is 3.13. The van der Waals surface area contributed by atoms with Gasteiger partial charge in [-0.3, -0.25) is 9.59 Å². The van der Waals surface area contributed by atoms with E-state index in [0.717, 1.165) is 33.5 Å². The summed E-state index contributed by atoms with van der Waals surface area (Å²) in [6, 6.07) is 8.31. The predicted molar refractivity (Wildman–Crippen MR) is 121 cm³/mol. The standard InChI is InChI=1S/C23H25FN2O8S/c1-4-34-23(29)15-5-9-17(10-6-15)26-20(27)13-19(22(26)28)25(14-21(32-2)33-3)35(30,31)18-11-7-16(24)8-12-18/h5-12,19,21H,4,13-14H2,1-3H3. The molecule has 188 valence electrons. The van der Waals surface area contributed by atoms with E-state index in [9.17, 15) is 27.2 Å². The summed E-state index contributed by atoms with van der Waals surface area (Å²) in [5.74, 6) is -2.60. The minimum Gasteiger partial charge on any atom is -0.462 e. The molecule has 3 rings (SSSR count). The Morgan fingerprint density at radius 3 is 2.23 bits per heavy atom. The number of imide groups is 1. The Balaban J connectivity index is 1.95. The molecule has 0 radical (unpaired) electrons. The van der Waals surface area contributed by atoms with Crippen molar-refractivity contribution in [3.63, 3.8) is 0 Å². The first kappa shape index (κ1) is 26.4. The van der Waals surface area contributed by atoms with E-state index in [4.69, 9.17) is 14.2 Å². The van der Waals surface area contributed by atoms with Crippen molar-refractivity contribution in [1.29, 1.82) is 0 Å². The third-order valence-corrected chi connectivity index (χ3v) is 7.27. The van der Waals surface area contributed by atoms with Gasteiger partial charge in [0.2, 0.25) is 15.9 Å². The molecule has 1 atom stereocenters. The third kappa shape index (κ3) is 5.56. The number of carbonyl (C=O) groups excluding carboxylic acids is 3. The molecule has 0 bridgehead atoms. The van der Waals surface area contributed by atoms with Gasteiger partial charge >= 0.3 is 5.97 Å². The van der Waals surface area contributed by atoms with Crippen LogP contribution in [-0.4, -0.2) is 70.2 Å². The molecule has 1 heterocycles. The molecule has 0 saturated carbocycles. The molecule has 12 heteroatoms. The molecule has 35 heavy (non-hydrogen) atoms. The van der Waals surface area contributed by atoms with Gasteiger partial charge in [0.05, 0.1) is 35.7 Å². The number of methoxy groups -OCH3 is 2. The summed E-state index contributed by atoms with van der Waals surface area (Å²) in [6.07, 6.45) is -1.47. The van der Waals surface area contributed by atoms with Gasteiger partial charge in [-0.15, -0.1) is 0 Å². The molecule has 1 unspecified atom stereocenters. The first-order valence-electron chi connectivity index (χ1n) is 10.6. The number of esters is 1. The monoisotopic (exact) mass is 508 g/mol. The van der Waals surface area contributed by atoms with Gasteiger partial charge in [0.15, 0.2) is 6.29 Å². The van der Waals surface area contributed by atoms with E-state index in [0.29, 0.717) is 0 Å². The van der Waals surface area contributed by atoms with E-state index in [1.807, 2.05) is 0 Å². The predicted octanol–water partition coefficient (Wildman–Crippen LogP) is 1.94. The number of hydrogen-bond donors (Lipinski definition) is 0. The number of anilines is 1. The lowest BCUT2D eigenvalue weighted by Crippen LogP contribution is -2.49. The van der Waals surface area contributed by atoms with Gasteiger partial charge in [-0.1, -0.05) is 0 Å². The lowest BCUT2D eigenvalue weighted by Gasteiger charge is -2.29. The van der Waals surface area contributed by atoms with Crippen molar-refractivity contribution in [2.75, 3.05) is 32.3 Å². The zero-order chi connectivity index (χ0) is 25.8. The van der Waals surface area contributed by atoms with Crippen molar-refractivity contribution in [2.45, 2.75) is 30.6 Å². The number of benzene rings is 2. The molecular weight excluding hydrogens is 483 g/mol. The number of amides is 2. The van der Waals surface area contributed by atoms with Crippen LogP contribution < -0.4 is 4.90 Å². The summed E-state index contributed by atoms with van der Waals surface area (Å²) in [5, 5.41) is 0. The number of halogens is 1. The molecule has 0 spiro atoms. The van der Waals surface area contributed by atoms with Crippen molar-refractivity contribution in [1.82, 2.24) is 4.31 Å². The molecule has 0 aromatic heterocycles. The summed E-state index contributed by atoms with van der Waals surface area (Å²) in [4.78, 5) is 38.7. The second-order valence-corrected chi connectivity index (χ2v) is 9.37. The summed E-state index contributed by atoms with van der Waals surface area (Å²) in [7, 11) is -1.75. The quantitative estimate of drug-likeness (QED) is 0.271. The molecule has 1 aliphatic rings. The summed E-state index contributed by atoms with van der Waals surface area (Å²) in [6.45, 7) is 1.46. The minimum atomic E-state index is -4.36. The number of carbonyl (C=O) groups is 3. The van der Waals surface area contributed by atoms with Crippen molar-refractivity contribution in [2.24, 2.45) is 0 Å². The Kier molecular flexibility index (Phi) is 8.33. The maximum atomic E-state index is 13.4. The number of hydrogen-bond acceptors (Lipinski definition) is 8. The Labute approximate surface area is 202 Å². The molecule has 1 saturated heterocycles. The second kappa shape index (κ2) is 11.0. The van der Waals surface area contributed by atoms with Gasteiger partial charge in [0.25, 0.3) is 5.91 Å². The van der Waals surface area contributed by atoms with Gasteiger partial charge < -0.3 is 14.2 Å². The van der Waals surface area contributed by atoms with Crippen molar-refractivity contribution >= 4 is 33.5 Å². The van der Waals surface area contributed by atoms with Crippen LogP contribution in [-0.2, 0) is 33.8 Å². The Hall–Kier alpha value is -3.19. The third-order valence-electron chi connectivity index (χ3n) is 5.38. The number of ether oxygens (including phenoxy) is 3. The topological polar surface area (TPSA) is 120 Å². The van der Waals surface area contributed by atoms with E-state index < -0.39 is 58.9 Å². The maximum Gasteiger partial charge on any atom is 0.338 e. The first-order valence-corrected chi connectivity index (χ1v) is 12.0. The summed E-state index contributed by atoms with van der Waals surface area (Å²) in [5.41, 5.74) is 0.402. The van der Waals surface area contributed by atoms with E-state index in [1.165, 1.54) is 38.5 Å². The van der Waals surface area contributed by atoms with E-state index in [2.05, 4.69) is 0 Å². The van der Waals surface area contributed by atoms with Crippen LogP contribution in [0.3, 0.4) is 0 Å². The Morgan fingerprint density at radius 1 is 1.09 bits per heavy atom. The molecule has 2 aromatic carbocycles. The highest BCUT2D eigenvalue weighted by atomic mass is 32.2.